The molecule has 7 heteroatoms. The van der Waals surface area contributed by atoms with E-state index in [1.54, 1.807) is 0 Å². The van der Waals surface area contributed by atoms with E-state index >= 15 is 0 Å². The number of ether oxygens (including phenoxy) is 2. The van der Waals surface area contributed by atoms with Gasteiger partial charge in [0.15, 0.2) is 0 Å². The molecule has 0 aromatic carbocycles. The second kappa shape index (κ2) is 5.27. The molecule has 1 unspecified atom stereocenters. The second-order valence-corrected chi connectivity index (χ2v) is 3.89. The molecule has 0 aliphatic heterocycles. The Morgan fingerprint density at radius 3 is 2.69 bits per heavy atom. The number of carbonyl (C=O) groups excluding carboxylic acids is 1. The average molecular weight is 250 g/mol. The second-order valence-electron chi connectivity index (χ2n) is 3.39. The van der Waals surface area contributed by atoms with Gasteiger partial charge >= 0.3 is 5.97 Å². The third-order valence-electron chi connectivity index (χ3n) is 2.47. The summed E-state index contributed by atoms with van der Waals surface area (Å²) in [5.41, 5.74) is 0.230. The summed E-state index contributed by atoms with van der Waals surface area (Å²) in [6, 6.07) is -1.04. The van der Waals surface area contributed by atoms with Crippen LogP contribution in [-0.4, -0.2) is 42.6 Å². The predicted octanol–water partition coefficient (Wildman–Crippen LogP) is 0.757. The zero-order valence-electron chi connectivity index (χ0n) is 8.88. The van der Waals surface area contributed by atoms with Crippen molar-refractivity contribution in [1.29, 1.82) is 0 Å². The molecule has 0 aromatic heterocycles. The van der Waals surface area contributed by atoms with Crippen LogP contribution in [0.1, 0.15) is 6.42 Å². The summed E-state index contributed by atoms with van der Waals surface area (Å²) >= 11 is 5.89. The summed E-state index contributed by atoms with van der Waals surface area (Å²) in [5.74, 6) is -0.586. The Labute approximate surface area is 97.3 Å². The SMILES string of the molecule is COC(=O)C1=C[C@H](OC)C(Cl)[C@H]([N+](=O)[O-])C1. The van der Waals surface area contributed by atoms with Crippen molar-refractivity contribution in [3.05, 3.63) is 21.8 Å². The van der Waals surface area contributed by atoms with Crippen molar-refractivity contribution in [2.75, 3.05) is 14.2 Å². The van der Waals surface area contributed by atoms with Gasteiger partial charge in [-0.05, 0) is 6.08 Å². The Morgan fingerprint density at radius 1 is 1.62 bits per heavy atom. The topological polar surface area (TPSA) is 78.7 Å². The highest BCUT2D eigenvalue weighted by molar-refractivity contribution is 6.21. The highest BCUT2D eigenvalue weighted by atomic mass is 35.5. The summed E-state index contributed by atoms with van der Waals surface area (Å²) in [7, 11) is 2.60. The number of alkyl halides is 1. The van der Waals surface area contributed by atoms with E-state index in [9.17, 15) is 14.9 Å². The van der Waals surface area contributed by atoms with Crippen molar-refractivity contribution in [2.24, 2.45) is 0 Å². The Balaban J connectivity index is 2.96. The molecule has 0 N–H and O–H groups in total. The molecule has 16 heavy (non-hydrogen) atoms. The molecule has 0 bridgehead atoms. The van der Waals surface area contributed by atoms with Gasteiger partial charge in [0.05, 0.1) is 13.2 Å². The number of rotatable bonds is 3. The molecule has 0 saturated carbocycles. The van der Waals surface area contributed by atoms with Crippen LogP contribution in [0.25, 0.3) is 0 Å². The summed E-state index contributed by atoms with van der Waals surface area (Å²) in [5, 5.41) is 9.99. The summed E-state index contributed by atoms with van der Waals surface area (Å²) in [4.78, 5) is 21.6. The van der Waals surface area contributed by atoms with E-state index in [4.69, 9.17) is 16.3 Å². The minimum atomic E-state index is -1.04. The van der Waals surface area contributed by atoms with Gasteiger partial charge in [-0.25, -0.2) is 4.79 Å². The van der Waals surface area contributed by atoms with Crippen LogP contribution in [0.15, 0.2) is 11.6 Å². The van der Waals surface area contributed by atoms with E-state index in [2.05, 4.69) is 4.74 Å². The van der Waals surface area contributed by atoms with Gasteiger partial charge in [0.1, 0.15) is 5.38 Å². The molecule has 0 radical (unpaired) electrons. The lowest BCUT2D eigenvalue weighted by Gasteiger charge is -2.26. The predicted molar refractivity (Wildman–Crippen MR) is 55.9 cm³/mol. The third kappa shape index (κ3) is 2.51. The summed E-state index contributed by atoms with van der Waals surface area (Å²) in [6.07, 6.45) is 0.789. The van der Waals surface area contributed by atoms with Crippen molar-refractivity contribution in [2.45, 2.75) is 23.9 Å². The molecule has 1 aliphatic rings. The van der Waals surface area contributed by atoms with Crippen LogP contribution in [0, 0.1) is 10.1 Å². The largest absolute Gasteiger partial charge is 0.466 e. The fraction of sp³-hybridized carbons (Fsp3) is 0.667. The fourth-order valence-corrected chi connectivity index (χ4v) is 1.94. The highest BCUT2D eigenvalue weighted by Gasteiger charge is 2.41. The van der Waals surface area contributed by atoms with Gasteiger partial charge in [0.25, 0.3) is 0 Å². The number of esters is 1. The standard InChI is InChI=1S/C9H12ClNO5/c1-15-7-4-5(9(12)16-2)3-6(8(7)10)11(13)14/h4,6-8H,3H2,1-2H3/t6-,7+,8?/m1/s1. The molecule has 0 heterocycles. The summed E-state index contributed by atoms with van der Waals surface area (Å²) < 4.78 is 9.51. The van der Waals surface area contributed by atoms with E-state index < -0.39 is 28.4 Å². The van der Waals surface area contributed by atoms with Crippen molar-refractivity contribution in [3.63, 3.8) is 0 Å². The van der Waals surface area contributed by atoms with E-state index in [0.29, 0.717) is 0 Å². The van der Waals surface area contributed by atoms with Crippen molar-refractivity contribution in [3.8, 4) is 0 Å². The summed E-state index contributed by atoms with van der Waals surface area (Å²) in [6.45, 7) is 0. The van der Waals surface area contributed by atoms with E-state index in [0.717, 1.165) is 0 Å². The molecule has 90 valence electrons. The van der Waals surface area contributed by atoms with Gasteiger partial charge in [0.2, 0.25) is 6.04 Å². The molecule has 6 nitrogen and oxygen atoms in total. The minimum absolute atomic E-state index is 0.0340. The van der Waals surface area contributed by atoms with Crippen LogP contribution in [-0.2, 0) is 14.3 Å². The zero-order valence-corrected chi connectivity index (χ0v) is 9.64. The van der Waals surface area contributed by atoms with Crippen LogP contribution in [0.2, 0.25) is 0 Å². The first-order valence-electron chi connectivity index (χ1n) is 4.60. The van der Waals surface area contributed by atoms with Crippen LogP contribution >= 0.6 is 11.6 Å². The van der Waals surface area contributed by atoms with Crippen LogP contribution in [0.4, 0.5) is 0 Å². The monoisotopic (exact) mass is 249 g/mol. The van der Waals surface area contributed by atoms with Crippen LogP contribution < -0.4 is 0 Å². The van der Waals surface area contributed by atoms with Crippen LogP contribution in [0.3, 0.4) is 0 Å². The van der Waals surface area contributed by atoms with Gasteiger partial charge in [-0.15, -0.1) is 11.6 Å². The van der Waals surface area contributed by atoms with Gasteiger partial charge in [0, 0.05) is 24.0 Å². The number of carbonyl (C=O) groups is 1. The molecule has 3 atom stereocenters. The molecule has 0 spiro atoms. The number of nitrogens with zero attached hydrogens (tertiary/aromatic N) is 1. The average Bonchev–Trinajstić information content (AvgIpc) is 2.27. The maximum Gasteiger partial charge on any atom is 0.333 e. The third-order valence-corrected chi connectivity index (χ3v) is 3.01. The molecule has 0 amide bonds. The quantitative estimate of drug-likeness (QED) is 0.319. The molecular weight excluding hydrogens is 238 g/mol. The van der Waals surface area contributed by atoms with E-state index in [-0.39, 0.29) is 12.0 Å². The van der Waals surface area contributed by atoms with E-state index in [1.807, 2.05) is 0 Å². The lowest BCUT2D eigenvalue weighted by molar-refractivity contribution is -0.523. The van der Waals surface area contributed by atoms with Gasteiger partial charge < -0.3 is 9.47 Å². The lowest BCUT2D eigenvalue weighted by Crippen LogP contribution is -2.43. The van der Waals surface area contributed by atoms with Crippen LogP contribution in [0.5, 0.6) is 0 Å². The zero-order chi connectivity index (χ0) is 12.3. The fourth-order valence-electron chi connectivity index (χ4n) is 1.59. The maximum absolute atomic E-state index is 11.3. The smallest absolute Gasteiger partial charge is 0.333 e. The first kappa shape index (κ1) is 12.9. The number of hydrogen-bond acceptors (Lipinski definition) is 5. The molecule has 0 fully saturated rings. The van der Waals surface area contributed by atoms with Crippen molar-refractivity contribution >= 4 is 17.6 Å². The van der Waals surface area contributed by atoms with Gasteiger partial charge in [-0.1, -0.05) is 0 Å². The molecular formula is C9H12ClNO5. The normalized spacial score (nSPS) is 29.4. The van der Waals surface area contributed by atoms with Gasteiger partial charge in [-0.2, -0.15) is 0 Å². The Kier molecular flexibility index (Phi) is 4.26. The lowest BCUT2D eigenvalue weighted by atomic mass is 9.92. The number of methoxy groups -OCH3 is 2. The van der Waals surface area contributed by atoms with Crippen molar-refractivity contribution < 1.29 is 19.2 Å². The van der Waals surface area contributed by atoms with Crippen molar-refractivity contribution in [1.82, 2.24) is 0 Å². The Bertz CT molecular complexity index is 330. The number of halogens is 1. The first-order valence-corrected chi connectivity index (χ1v) is 5.04. The minimum Gasteiger partial charge on any atom is -0.466 e. The highest BCUT2D eigenvalue weighted by Crippen LogP contribution is 2.27. The number of nitro groups is 1. The Morgan fingerprint density at radius 2 is 2.25 bits per heavy atom. The van der Waals surface area contributed by atoms with E-state index in [1.165, 1.54) is 20.3 Å². The molecule has 0 aromatic rings. The van der Waals surface area contributed by atoms with Gasteiger partial charge in [-0.3, -0.25) is 10.1 Å². The molecule has 1 rings (SSSR count). The Hall–Kier alpha value is -1.14. The first-order chi connectivity index (χ1) is 7.51. The maximum atomic E-state index is 11.3. The molecule has 0 saturated heterocycles. The molecule has 1 aliphatic carbocycles. The number of hydrogen-bond donors (Lipinski definition) is 0.